The third-order valence-corrected chi connectivity index (χ3v) is 17.3. The summed E-state index contributed by atoms with van der Waals surface area (Å²) >= 11 is 0. The van der Waals surface area contributed by atoms with Crippen molar-refractivity contribution in [3.63, 3.8) is 0 Å². The fourth-order valence-corrected chi connectivity index (χ4v) is 13.9. The molecule has 0 aromatic carbocycles. The lowest BCUT2D eigenvalue weighted by Gasteiger charge is -2.63. The van der Waals surface area contributed by atoms with E-state index in [1.807, 2.05) is 13.8 Å². The second-order valence-corrected chi connectivity index (χ2v) is 20.7. The van der Waals surface area contributed by atoms with Gasteiger partial charge in [0.25, 0.3) is 0 Å². The Morgan fingerprint density at radius 1 is 0.740 bits per heavy atom. The number of aliphatic hydroxyl groups is 1. The van der Waals surface area contributed by atoms with Crippen molar-refractivity contribution in [3.8, 4) is 0 Å². The summed E-state index contributed by atoms with van der Waals surface area (Å²) in [6, 6.07) is 0. The second kappa shape index (κ2) is 15.9. The molecule has 288 valence electrons. The van der Waals surface area contributed by atoms with Gasteiger partial charge in [-0.15, -0.1) is 0 Å². The Morgan fingerprint density at radius 3 is 1.90 bits per heavy atom. The molecular formula is C47H82O3. The largest absolute Gasteiger partial charge is 0.462 e. The first kappa shape index (κ1) is 40.4. The van der Waals surface area contributed by atoms with E-state index in [0.29, 0.717) is 39.9 Å². The molecule has 0 radical (unpaired) electrons. The molecule has 9 atom stereocenters. The molecule has 0 bridgehead atoms. The molecule has 5 rings (SSSR count). The number of carbonyl (C=O) groups is 1. The van der Waals surface area contributed by atoms with Gasteiger partial charge in [0, 0.05) is 11.8 Å². The molecule has 0 aliphatic heterocycles. The predicted molar refractivity (Wildman–Crippen MR) is 211 cm³/mol. The summed E-state index contributed by atoms with van der Waals surface area (Å²) in [5.74, 6) is 3.04. The summed E-state index contributed by atoms with van der Waals surface area (Å²) in [7, 11) is 0. The molecule has 5 aliphatic rings. The van der Waals surface area contributed by atoms with Crippen molar-refractivity contribution in [1.82, 2.24) is 0 Å². The van der Waals surface area contributed by atoms with Gasteiger partial charge in [-0.3, -0.25) is 4.79 Å². The SMILES string of the molecule is C=C(CC[C@@H](C)[C@H]1CC[C@@]2(C)C3CCC4C(C)(C)[C@@H](OC(=O)CCCCCCCCCCCCCCC)CC[C@@]45C[C@@]35CC[C@]12C)C(C)(C)O. The van der Waals surface area contributed by atoms with Crippen LogP contribution in [0, 0.1) is 50.7 Å². The van der Waals surface area contributed by atoms with E-state index < -0.39 is 5.60 Å². The number of unbranched alkanes of at least 4 members (excludes halogenated alkanes) is 12. The summed E-state index contributed by atoms with van der Waals surface area (Å²) < 4.78 is 6.41. The number of hydrogen-bond donors (Lipinski definition) is 1. The van der Waals surface area contributed by atoms with E-state index in [1.54, 1.807) is 0 Å². The van der Waals surface area contributed by atoms with Gasteiger partial charge in [0.2, 0.25) is 0 Å². The highest BCUT2D eigenvalue weighted by molar-refractivity contribution is 5.69. The molecule has 5 aliphatic carbocycles. The van der Waals surface area contributed by atoms with E-state index in [2.05, 4.69) is 48.1 Å². The van der Waals surface area contributed by atoms with Crippen molar-refractivity contribution >= 4 is 5.97 Å². The van der Waals surface area contributed by atoms with E-state index in [-0.39, 0.29) is 17.5 Å². The summed E-state index contributed by atoms with van der Waals surface area (Å²) in [6.07, 6.45) is 32.1. The topological polar surface area (TPSA) is 46.5 Å². The fraction of sp³-hybridized carbons (Fsp3) is 0.936. The second-order valence-electron chi connectivity index (χ2n) is 20.7. The summed E-state index contributed by atoms with van der Waals surface area (Å²) in [5.41, 5.74) is 2.11. The molecule has 0 amide bonds. The first-order chi connectivity index (χ1) is 23.6. The quantitative estimate of drug-likeness (QED) is 0.0784. The Bertz CT molecular complexity index is 1150. The van der Waals surface area contributed by atoms with Gasteiger partial charge in [0.05, 0.1) is 5.60 Å². The van der Waals surface area contributed by atoms with Crippen LogP contribution in [0.2, 0.25) is 0 Å². The Labute approximate surface area is 310 Å². The van der Waals surface area contributed by atoms with Crippen molar-refractivity contribution < 1.29 is 14.6 Å². The van der Waals surface area contributed by atoms with Crippen LogP contribution < -0.4 is 0 Å². The van der Waals surface area contributed by atoms with Crippen LogP contribution in [-0.4, -0.2) is 22.8 Å². The normalized spacial score (nSPS) is 37.6. The minimum absolute atomic E-state index is 0.0651. The van der Waals surface area contributed by atoms with Gasteiger partial charge in [-0.2, -0.15) is 0 Å². The number of hydrogen-bond acceptors (Lipinski definition) is 3. The van der Waals surface area contributed by atoms with E-state index in [1.165, 1.54) is 128 Å². The van der Waals surface area contributed by atoms with E-state index in [9.17, 15) is 9.90 Å². The summed E-state index contributed by atoms with van der Waals surface area (Å²) in [5, 5.41) is 10.5. The lowest BCUT2D eigenvalue weighted by molar-refractivity contribution is -0.183. The standard InChI is InChI=1S/C47H82O3/c1-10-11-12-13-14-15-16-17-18-19-20-21-22-23-41(48)50-40-29-31-46-34-47(46)33-32-44(8)37(35(2)24-25-36(3)43(6,7)49)28-30-45(44,9)39(47)27-26-38(46)42(40,4)5/h35,37-40,49H,3,10-34H2,1-2,4-9H3/t35-,37-,38?,39?,40+,44-,45+,46-,47+/m1/s1. The highest BCUT2D eigenvalue weighted by atomic mass is 16.5. The average Bonchev–Trinajstić information content (AvgIpc) is 3.64. The van der Waals surface area contributed by atoms with Crippen LogP contribution >= 0.6 is 0 Å². The van der Waals surface area contributed by atoms with E-state index >= 15 is 0 Å². The fourth-order valence-electron chi connectivity index (χ4n) is 13.9. The third kappa shape index (κ3) is 7.58. The highest BCUT2D eigenvalue weighted by Crippen LogP contribution is 2.89. The molecule has 2 unspecified atom stereocenters. The maximum atomic E-state index is 13.2. The molecule has 3 heteroatoms. The number of carbonyl (C=O) groups excluding carboxylic acids is 1. The monoisotopic (exact) mass is 695 g/mol. The van der Waals surface area contributed by atoms with Crippen LogP contribution in [0.1, 0.15) is 216 Å². The maximum absolute atomic E-state index is 13.2. The Balaban J connectivity index is 1.08. The van der Waals surface area contributed by atoms with Gasteiger partial charge in [0.1, 0.15) is 6.10 Å². The molecule has 0 heterocycles. The molecule has 0 saturated heterocycles. The first-order valence-corrected chi connectivity index (χ1v) is 22.2. The minimum atomic E-state index is -0.777. The molecule has 3 nitrogen and oxygen atoms in total. The Kier molecular flexibility index (Phi) is 12.8. The summed E-state index contributed by atoms with van der Waals surface area (Å²) in [6.45, 7) is 23.2. The lowest BCUT2D eigenvalue weighted by Crippen LogP contribution is -2.58. The van der Waals surface area contributed by atoms with Crippen molar-refractivity contribution in [2.75, 3.05) is 0 Å². The van der Waals surface area contributed by atoms with Crippen LogP contribution in [0.5, 0.6) is 0 Å². The Hall–Kier alpha value is -0.830. The number of esters is 1. The van der Waals surface area contributed by atoms with Gasteiger partial charge in [-0.25, -0.2) is 0 Å². The van der Waals surface area contributed by atoms with Gasteiger partial charge in [-0.05, 0) is 142 Å². The zero-order chi connectivity index (χ0) is 36.4. The molecule has 5 fully saturated rings. The first-order valence-electron chi connectivity index (χ1n) is 22.2. The maximum Gasteiger partial charge on any atom is 0.306 e. The average molecular weight is 695 g/mol. The van der Waals surface area contributed by atoms with E-state index in [4.69, 9.17) is 4.74 Å². The zero-order valence-electron chi connectivity index (χ0n) is 34.5. The highest BCUT2D eigenvalue weighted by Gasteiger charge is 2.82. The molecule has 1 N–H and O–H groups in total. The molecule has 2 spiro atoms. The summed E-state index contributed by atoms with van der Waals surface area (Å²) in [4.78, 5) is 13.2. The minimum Gasteiger partial charge on any atom is -0.462 e. The molecular weight excluding hydrogens is 613 g/mol. The van der Waals surface area contributed by atoms with Crippen LogP contribution in [0.15, 0.2) is 12.2 Å². The molecule has 5 saturated carbocycles. The smallest absolute Gasteiger partial charge is 0.306 e. The van der Waals surface area contributed by atoms with Gasteiger partial charge < -0.3 is 9.84 Å². The van der Waals surface area contributed by atoms with E-state index in [0.717, 1.165) is 43.1 Å². The Morgan fingerprint density at radius 2 is 1.30 bits per heavy atom. The number of rotatable bonds is 20. The molecule has 50 heavy (non-hydrogen) atoms. The van der Waals surface area contributed by atoms with Crippen molar-refractivity contribution in [2.45, 2.75) is 228 Å². The van der Waals surface area contributed by atoms with Crippen molar-refractivity contribution in [1.29, 1.82) is 0 Å². The van der Waals surface area contributed by atoms with Gasteiger partial charge >= 0.3 is 5.97 Å². The van der Waals surface area contributed by atoms with Crippen molar-refractivity contribution in [3.05, 3.63) is 12.2 Å². The number of fused-ring (bicyclic) bond motifs is 2. The lowest BCUT2D eigenvalue weighted by atomic mass is 9.41. The predicted octanol–water partition coefficient (Wildman–Crippen LogP) is 13.6. The van der Waals surface area contributed by atoms with Gasteiger partial charge in [-0.1, -0.05) is 125 Å². The molecule has 0 aromatic heterocycles. The van der Waals surface area contributed by atoms with Crippen molar-refractivity contribution in [2.24, 2.45) is 50.7 Å². The zero-order valence-corrected chi connectivity index (χ0v) is 34.5. The van der Waals surface area contributed by atoms with Gasteiger partial charge in [0.15, 0.2) is 0 Å². The third-order valence-electron chi connectivity index (χ3n) is 17.3. The molecule has 0 aromatic rings. The van der Waals surface area contributed by atoms with Crippen LogP contribution in [0.25, 0.3) is 0 Å². The number of ether oxygens (including phenoxy) is 1. The van der Waals surface area contributed by atoms with Crippen LogP contribution in [0.4, 0.5) is 0 Å². The van der Waals surface area contributed by atoms with Crippen LogP contribution in [-0.2, 0) is 9.53 Å². The van der Waals surface area contributed by atoms with Crippen LogP contribution in [0.3, 0.4) is 0 Å².